The molecule has 2 aromatic rings. The molecular weight excluding hydrogens is 246 g/mol. The molecule has 102 valence electrons. The van der Waals surface area contributed by atoms with Gasteiger partial charge < -0.3 is 8.83 Å². The number of hydrazine groups is 1. The normalized spacial score (nSPS) is 10.9. The maximum absolute atomic E-state index is 11.4. The van der Waals surface area contributed by atoms with Gasteiger partial charge in [0.1, 0.15) is 5.76 Å². The Balaban J connectivity index is 2.02. The number of nitrogen functional groups attached to an aromatic ring is 1. The van der Waals surface area contributed by atoms with E-state index in [0.717, 1.165) is 23.4 Å². The van der Waals surface area contributed by atoms with E-state index in [2.05, 4.69) is 10.3 Å². The Morgan fingerprint density at radius 3 is 2.89 bits per heavy atom. The molecule has 3 N–H and O–H groups in total. The molecule has 0 fully saturated rings. The van der Waals surface area contributed by atoms with Crippen LogP contribution in [0.2, 0.25) is 0 Å². The fourth-order valence-corrected chi connectivity index (χ4v) is 1.90. The molecule has 1 amide bonds. The van der Waals surface area contributed by atoms with Crippen LogP contribution in [0.25, 0.3) is 0 Å². The molecular formula is C13H17N3O3. The predicted molar refractivity (Wildman–Crippen MR) is 69.0 cm³/mol. The van der Waals surface area contributed by atoms with Crippen LogP contribution in [-0.4, -0.2) is 17.9 Å². The fourth-order valence-electron chi connectivity index (χ4n) is 1.90. The standard InChI is InChI=1S/C13H17N3O3/c1-9-11(5-12(19-9)13(17)15-14)7-16(2)6-10-3-4-18-8-10/h3-5,8H,6-7,14H2,1-2H3,(H,15,17). The molecule has 6 heteroatoms. The summed E-state index contributed by atoms with van der Waals surface area (Å²) >= 11 is 0. The number of amides is 1. The highest BCUT2D eigenvalue weighted by Gasteiger charge is 2.14. The molecule has 0 atom stereocenters. The van der Waals surface area contributed by atoms with Crippen LogP contribution in [0.3, 0.4) is 0 Å². The van der Waals surface area contributed by atoms with Crippen molar-refractivity contribution in [3.05, 3.63) is 47.3 Å². The van der Waals surface area contributed by atoms with E-state index in [-0.39, 0.29) is 5.76 Å². The average molecular weight is 263 g/mol. The summed E-state index contributed by atoms with van der Waals surface area (Å²) in [6.45, 7) is 3.27. The van der Waals surface area contributed by atoms with Crippen molar-refractivity contribution in [2.75, 3.05) is 7.05 Å². The van der Waals surface area contributed by atoms with Crippen LogP contribution in [0.4, 0.5) is 0 Å². The predicted octanol–water partition coefficient (Wildman–Crippen LogP) is 1.42. The lowest BCUT2D eigenvalue weighted by molar-refractivity contribution is 0.0924. The number of carbonyl (C=O) groups is 1. The summed E-state index contributed by atoms with van der Waals surface area (Å²) in [6, 6.07) is 3.63. The van der Waals surface area contributed by atoms with Crippen molar-refractivity contribution in [1.29, 1.82) is 0 Å². The summed E-state index contributed by atoms with van der Waals surface area (Å²) in [7, 11) is 1.99. The molecule has 2 aromatic heterocycles. The van der Waals surface area contributed by atoms with Gasteiger partial charge in [-0.05, 0) is 26.1 Å². The largest absolute Gasteiger partial charge is 0.472 e. The van der Waals surface area contributed by atoms with E-state index in [9.17, 15) is 4.79 Å². The van der Waals surface area contributed by atoms with E-state index >= 15 is 0 Å². The average Bonchev–Trinajstić information content (AvgIpc) is 2.99. The smallest absolute Gasteiger partial charge is 0.300 e. The van der Waals surface area contributed by atoms with E-state index in [4.69, 9.17) is 14.7 Å². The van der Waals surface area contributed by atoms with E-state index < -0.39 is 5.91 Å². The molecule has 0 radical (unpaired) electrons. The first-order valence-electron chi connectivity index (χ1n) is 5.90. The van der Waals surface area contributed by atoms with Crippen molar-refractivity contribution in [1.82, 2.24) is 10.3 Å². The molecule has 0 aliphatic rings. The Morgan fingerprint density at radius 1 is 1.47 bits per heavy atom. The van der Waals surface area contributed by atoms with Crippen molar-refractivity contribution in [2.24, 2.45) is 5.84 Å². The van der Waals surface area contributed by atoms with E-state index in [0.29, 0.717) is 6.54 Å². The lowest BCUT2D eigenvalue weighted by atomic mass is 10.2. The van der Waals surface area contributed by atoms with Gasteiger partial charge in [-0.1, -0.05) is 0 Å². The minimum atomic E-state index is -0.424. The molecule has 0 aromatic carbocycles. The maximum atomic E-state index is 11.4. The second-order valence-corrected chi connectivity index (χ2v) is 4.47. The Labute approximate surface area is 111 Å². The van der Waals surface area contributed by atoms with Gasteiger partial charge in [-0.3, -0.25) is 15.1 Å². The van der Waals surface area contributed by atoms with Crippen LogP contribution in [0.5, 0.6) is 0 Å². The SMILES string of the molecule is Cc1oc(C(=O)NN)cc1CN(C)Cc1ccoc1. The van der Waals surface area contributed by atoms with Crippen LogP contribution < -0.4 is 11.3 Å². The van der Waals surface area contributed by atoms with Gasteiger partial charge in [0.15, 0.2) is 5.76 Å². The number of nitrogens with zero attached hydrogens (tertiary/aromatic N) is 1. The molecule has 6 nitrogen and oxygen atoms in total. The van der Waals surface area contributed by atoms with Crippen LogP contribution in [0.1, 0.15) is 27.4 Å². The van der Waals surface area contributed by atoms with Gasteiger partial charge in [-0.2, -0.15) is 0 Å². The molecule has 0 unspecified atom stereocenters. The topological polar surface area (TPSA) is 84.6 Å². The van der Waals surface area contributed by atoms with Gasteiger partial charge in [0.05, 0.1) is 12.5 Å². The minimum absolute atomic E-state index is 0.228. The molecule has 2 heterocycles. The number of furan rings is 2. The summed E-state index contributed by atoms with van der Waals surface area (Å²) in [6.07, 6.45) is 3.36. The summed E-state index contributed by atoms with van der Waals surface area (Å²) < 4.78 is 10.4. The zero-order chi connectivity index (χ0) is 13.8. The van der Waals surface area contributed by atoms with Crippen molar-refractivity contribution < 1.29 is 13.6 Å². The summed E-state index contributed by atoms with van der Waals surface area (Å²) in [5.41, 5.74) is 4.12. The Kier molecular flexibility index (Phi) is 4.03. The molecule has 0 saturated heterocycles. The lowest BCUT2D eigenvalue weighted by Crippen LogP contribution is -2.29. The minimum Gasteiger partial charge on any atom is -0.472 e. The number of rotatable bonds is 5. The number of nitrogens with one attached hydrogen (secondary N) is 1. The molecule has 19 heavy (non-hydrogen) atoms. The molecule has 0 bridgehead atoms. The van der Waals surface area contributed by atoms with Crippen molar-refractivity contribution >= 4 is 5.91 Å². The summed E-state index contributed by atoms with van der Waals surface area (Å²) in [5, 5.41) is 0. The van der Waals surface area contributed by atoms with E-state index in [1.54, 1.807) is 18.6 Å². The Bertz CT molecular complexity index is 545. The van der Waals surface area contributed by atoms with Crippen molar-refractivity contribution in [3.8, 4) is 0 Å². The first-order chi connectivity index (χ1) is 9.10. The van der Waals surface area contributed by atoms with Crippen LogP contribution in [0.15, 0.2) is 33.5 Å². The van der Waals surface area contributed by atoms with Crippen molar-refractivity contribution in [3.63, 3.8) is 0 Å². The Morgan fingerprint density at radius 2 is 2.26 bits per heavy atom. The van der Waals surface area contributed by atoms with Gasteiger partial charge in [0.2, 0.25) is 0 Å². The van der Waals surface area contributed by atoms with Gasteiger partial charge in [0, 0.05) is 24.2 Å². The monoisotopic (exact) mass is 263 g/mol. The number of hydrogen-bond acceptors (Lipinski definition) is 5. The molecule has 2 rings (SSSR count). The molecule has 0 aliphatic heterocycles. The summed E-state index contributed by atoms with van der Waals surface area (Å²) in [4.78, 5) is 13.5. The second-order valence-electron chi connectivity index (χ2n) is 4.47. The van der Waals surface area contributed by atoms with Gasteiger partial charge in [-0.25, -0.2) is 5.84 Å². The third-order valence-electron chi connectivity index (χ3n) is 2.85. The fraction of sp³-hybridized carbons (Fsp3) is 0.308. The van der Waals surface area contributed by atoms with Gasteiger partial charge >= 0.3 is 5.91 Å². The second kappa shape index (κ2) is 5.73. The highest BCUT2D eigenvalue weighted by molar-refractivity contribution is 5.91. The first-order valence-corrected chi connectivity index (χ1v) is 5.90. The number of nitrogens with two attached hydrogens (primary N) is 1. The van der Waals surface area contributed by atoms with Crippen LogP contribution in [0, 0.1) is 6.92 Å². The zero-order valence-corrected chi connectivity index (χ0v) is 11.0. The van der Waals surface area contributed by atoms with Gasteiger partial charge in [-0.15, -0.1) is 0 Å². The third-order valence-corrected chi connectivity index (χ3v) is 2.85. The molecule has 0 saturated carbocycles. The number of aryl methyl sites for hydroxylation is 1. The lowest BCUT2D eigenvalue weighted by Gasteiger charge is -2.14. The van der Waals surface area contributed by atoms with Crippen molar-refractivity contribution in [2.45, 2.75) is 20.0 Å². The molecule has 0 spiro atoms. The number of carbonyl (C=O) groups excluding carboxylic acids is 1. The van der Waals surface area contributed by atoms with Gasteiger partial charge in [0.25, 0.3) is 0 Å². The maximum Gasteiger partial charge on any atom is 0.300 e. The van der Waals surface area contributed by atoms with E-state index in [1.165, 1.54) is 0 Å². The zero-order valence-electron chi connectivity index (χ0n) is 11.0. The number of hydrogen-bond donors (Lipinski definition) is 2. The summed E-state index contributed by atoms with van der Waals surface area (Å²) in [5.74, 6) is 5.60. The van der Waals surface area contributed by atoms with Crippen LogP contribution >= 0.6 is 0 Å². The first kappa shape index (κ1) is 13.4. The Hall–Kier alpha value is -2.05. The highest BCUT2D eigenvalue weighted by Crippen LogP contribution is 2.17. The molecule has 0 aliphatic carbocycles. The highest BCUT2D eigenvalue weighted by atomic mass is 16.4. The third kappa shape index (κ3) is 3.24. The quantitative estimate of drug-likeness (QED) is 0.484. The van der Waals surface area contributed by atoms with E-state index in [1.807, 2.05) is 20.0 Å². The van der Waals surface area contributed by atoms with Crippen LogP contribution in [-0.2, 0) is 13.1 Å².